The molecule has 0 saturated carbocycles. The standard InChI is InChI=1S/C9H15N3/c1-8-2-3-10-6-9(8)12-5-4-11-7-12/h4-5,7-10H,2-3,6H2,1H3/t8-,9+/m1/s1. The van der Waals surface area contributed by atoms with Gasteiger partial charge >= 0.3 is 0 Å². The summed E-state index contributed by atoms with van der Waals surface area (Å²) in [4.78, 5) is 4.07. The Morgan fingerprint density at radius 2 is 2.50 bits per heavy atom. The molecule has 1 saturated heterocycles. The lowest BCUT2D eigenvalue weighted by molar-refractivity contribution is 0.274. The topological polar surface area (TPSA) is 29.9 Å². The van der Waals surface area contributed by atoms with Gasteiger partial charge in [0.25, 0.3) is 0 Å². The van der Waals surface area contributed by atoms with Crippen LogP contribution in [0.5, 0.6) is 0 Å². The number of aromatic nitrogens is 2. The van der Waals surface area contributed by atoms with Crippen LogP contribution in [0.15, 0.2) is 18.7 Å². The summed E-state index contributed by atoms with van der Waals surface area (Å²) in [6.07, 6.45) is 7.08. The number of imidazole rings is 1. The summed E-state index contributed by atoms with van der Waals surface area (Å²) in [5.74, 6) is 0.764. The van der Waals surface area contributed by atoms with E-state index in [0.29, 0.717) is 6.04 Å². The van der Waals surface area contributed by atoms with Crippen molar-refractivity contribution in [1.29, 1.82) is 0 Å². The minimum atomic E-state index is 0.598. The first-order valence-corrected chi connectivity index (χ1v) is 4.56. The normalized spacial score (nSPS) is 30.4. The Kier molecular flexibility index (Phi) is 2.13. The summed E-state index contributed by atoms with van der Waals surface area (Å²) < 4.78 is 2.21. The Labute approximate surface area is 72.8 Å². The molecule has 0 aromatic carbocycles. The summed E-state index contributed by atoms with van der Waals surface area (Å²) in [7, 11) is 0. The largest absolute Gasteiger partial charge is 0.333 e. The van der Waals surface area contributed by atoms with Gasteiger partial charge in [0.15, 0.2) is 0 Å². The predicted octanol–water partition coefficient (Wildman–Crippen LogP) is 1.05. The Bertz CT molecular complexity index is 230. The fraction of sp³-hybridized carbons (Fsp3) is 0.667. The van der Waals surface area contributed by atoms with Crippen molar-refractivity contribution in [3.8, 4) is 0 Å². The lowest BCUT2D eigenvalue weighted by Crippen LogP contribution is -2.36. The Hall–Kier alpha value is -0.830. The third-order valence-corrected chi connectivity index (χ3v) is 2.69. The Balaban J connectivity index is 2.11. The fourth-order valence-corrected chi connectivity index (χ4v) is 1.84. The Morgan fingerprint density at radius 1 is 1.58 bits per heavy atom. The van der Waals surface area contributed by atoms with Gasteiger partial charge in [-0.2, -0.15) is 0 Å². The van der Waals surface area contributed by atoms with Crippen LogP contribution in [0.2, 0.25) is 0 Å². The second kappa shape index (κ2) is 3.27. The maximum Gasteiger partial charge on any atom is 0.0949 e. The monoisotopic (exact) mass is 165 g/mol. The van der Waals surface area contributed by atoms with Crippen molar-refractivity contribution < 1.29 is 0 Å². The highest BCUT2D eigenvalue weighted by molar-refractivity contribution is 4.86. The van der Waals surface area contributed by atoms with Gasteiger partial charge in [-0.05, 0) is 18.9 Å². The lowest BCUT2D eigenvalue weighted by atomic mass is 9.95. The summed E-state index contributed by atoms with van der Waals surface area (Å²) in [5.41, 5.74) is 0. The number of hydrogen-bond acceptors (Lipinski definition) is 2. The molecule has 0 bridgehead atoms. The minimum absolute atomic E-state index is 0.598. The summed E-state index contributed by atoms with van der Waals surface area (Å²) in [6.45, 7) is 4.55. The first kappa shape index (κ1) is 7.80. The number of rotatable bonds is 1. The van der Waals surface area contributed by atoms with Gasteiger partial charge in [-0.25, -0.2) is 4.98 Å². The van der Waals surface area contributed by atoms with Crippen molar-refractivity contribution in [2.45, 2.75) is 19.4 Å². The maximum absolute atomic E-state index is 4.07. The molecule has 1 aliphatic heterocycles. The number of piperidine rings is 1. The molecule has 0 amide bonds. The molecule has 1 fully saturated rings. The Morgan fingerprint density at radius 3 is 3.17 bits per heavy atom. The lowest BCUT2D eigenvalue weighted by Gasteiger charge is -2.30. The molecule has 2 rings (SSSR count). The molecule has 1 aromatic rings. The van der Waals surface area contributed by atoms with Crippen LogP contribution in [-0.4, -0.2) is 22.6 Å². The van der Waals surface area contributed by atoms with Crippen LogP contribution < -0.4 is 5.32 Å². The first-order valence-electron chi connectivity index (χ1n) is 4.56. The van der Waals surface area contributed by atoms with E-state index >= 15 is 0 Å². The number of hydrogen-bond donors (Lipinski definition) is 1. The fourth-order valence-electron chi connectivity index (χ4n) is 1.84. The molecule has 3 nitrogen and oxygen atoms in total. The van der Waals surface area contributed by atoms with Gasteiger partial charge < -0.3 is 9.88 Å². The smallest absolute Gasteiger partial charge is 0.0949 e. The van der Waals surface area contributed by atoms with Gasteiger partial charge in [0.2, 0.25) is 0 Å². The average Bonchev–Trinajstić information content (AvgIpc) is 2.57. The van der Waals surface area contributed by atoms with Gasteiger partial charge in [0.05, 0.1) is 6.33 Å². The molecule has 1 aromatic heterocycles. The zero-order valence-corrected chi connectivity index (χ0v) is 7.40. The molecule has 0 spiro atoms. The van der Waals surface area contributed by atoms with Crippen molar-refractivity contribution in [2.75, 3.05) is 13.1 Å². The van der Waals surface area contributed by atoms with Crippen LogP contribution in [0.3, 0.4) is 0 Å². The molecule has 2 atom stereocenters. The molecular weight excluding hydrogens is 150 g/mol. The van der Waals surface area contributed by atoms with E-state index < -0.39 is 0 Å². The van der Waals surface area contributed by atoms with E-state index in [-0.39, 0.29) is 0 Å². The van der Waals surface area contributed by atoms with Crippen molar-refractivity contribution >= 4 is 0 Å². The van der Waals surface area contributed by atoms with E-state index in [1.807, 2.05) is 18.7 Å². The van der Waals surface area contributed by atoms with Crippen LogP contribution in [-0.2, 0) is 0 Å². The molecule has 2 heterocycles. The first-order chi connectivity index (χ1) is 5.88. The molecule has 3 heteroatoms. The van der Waals surface area contributed by atoms with E-state index in [4.69, 9.17) is 0 Å². The molecule has 66 valence electrons. The predicted molar refractivity (Wildman–Crippen MR) is 47.9 cm³/mol. The molecule has 0 unspecified atom stereocenters. The third kappa shape index (κ3) is 1.37. The molecule has 1 N–H and O–H groups in total. The van der Waals surface area contributed by atoms with E-state index in [1.54, 1.807) is 0 Å². The van der Waals surface area contributed by atoms with Crippen LogP contribution in [0.25, 0.3) is 0 Å². The molecule has 0 aliphatic carbocycles. The SMILES string of the molecule is C[C@@H]1CCNC[C@@H]1n1ccnc1. The van der Waals surface area contributed by atoms with E-state index in [9.17, 15) is 0 Å². The molecule has 12 heavy (non-hydrogen) atoms. The van der Waals surface area contributed by atoms with Crippen molar-refractivity contribution in [2.24, 2.45) is 5.92 Å². The minimum Gasteiger partial charge on any atom is -0.333 e. The molecule has 1 aliphatic rings. The van der Waals surface area contributed by atoms with Gasteiger partial charge in [-0.15, -0.1) is 0 Å². The number of nitrogens with zero attached hydrogens (tertiary/aromatic N) is 2. The zero-order chi connectivity index (χ0) is 8.39. The number of nitrogens with one attached hydrogen (secondary N) is 1. The second-order valence-electron chi connectivity index (χ2n) is 3.55. The van der Waals surface area contributed by atoms with Crippen molar-refractivity contribution in [3.05, 3.63) is 18.7 Å². The molecular formula is C9H15N3. The quantitative estimate of drug-likeness (QED) is 0.674. The maximum atomic E-state index is 4.07. The average molecular weight is 165 g/mol. The van der Waals surface area contributed by atoms with E-state index in [0.717, 1.165) is 19.0 Å². The zero-order valence-electron chi connectivity index (χ0n) is 7.40. The summed E-state index contributed by atoms with van der Waals surface area (Å²) >= 11 is 0. The highest BCUT2D eigenvalue weighted by Gasteiger charge is 2.21. The van der Waals surface area contributed by atoms with Gasteiger partial charge in [-0.3, -0.25) is 0 Å². The van der Waals surface area contributed by atoms with Gasteiger partial charge in [0.1, 0.15) is 0 Å². The second-order valence-corrected chi connectivity index (χ2v) is 3.55. The summed E-state index contributed by atoms with van der Waals surface area (Å²) in [5, 5.41) is 3.40. The van der Waals surface area contributed by atoms with Crippen LogP contribution >= 0.6 is 0 Å². The molecule has 0 radical (unpaired) electrons. The van der Waals surface area contributed by atoms with E-state index in [2.05, 4.69) is 21.8 Å². The van der Waals surface area contributed by atoms with Crippen LogP contribution in [0, 0.1) is 5.92 Å². The van der Waals surface area contributed by atoms with Gasteiger partial charge in [-0.1, -0.05) is 6.92 Å². The van der Waals surface area contributed by atoms with Crippen LogP contribution in [0.1, 0.15) is 19.4 Å². The summed E-state index contributed by atoms with van der Waals surface area (Å²) in [6, 6.07) is 0.598. The highest BCUT2D eigenvalue weighted by atomic mass is 15.1. The van der Waals surface area contributed by atoms with Crippen molar-refractivity contribution in [3.63, 3.8) is 0 Å². The van der Waals surface area contributed by atoms with E-state index in [1.165, 1.54) is 6.42 Å². The van der Waals surface area contributed by atoms with Crippen LogP contribution in [0.4, 0.5) is 0 Å². The highest BCUT2D eigenvalue weighted by Crippen LogP contribution is 2.22. The third-order valence-electron chi connectivity index (χ3n) is 2.69. The van der Waals surface area contributed by atoms with Gasteiger partial charge in [0, 0.05) is 25.0 Å². The van der Waals surface area contributed by atoms with Crippen molar-refractivity contribution in [1.82, 2.24) is 14.9 Å².